The molecule has 0 heterocycles. The first kappa shape index (κ1) is 15.4. The molecule has 0 saturated heterocycles. The SMILES string of the molecule is CC(c1ccc(OC(F)F)cc1)N(C)CCC(=O)O. The largest absolute Gasteiger partial charge is 0.481 e. The van der Waals surface area contributed by atoms with Crippen molar-refractivity contribution in [3.63, 3.8) is 0 Å². The molecule has 0 bridgehead atoms. The van der Waals surface area contributed by atoms with E-state index in [1.165, 1.54) is 12.1 Å². The zero-order valence-corrected chi connectivity index (χ0v) is 10.8. The maximum absolute atomic E-state index is 12.0. The smallest absolute Gasteiger partial charge is 0.387 e. The van der Waals surface area contributed by atoms with Crippen molar-refractivity contribution in [1.29, 1.82) is 0 Å². The Morgan fingerprint density at radius 3 is 2.42 bits per heavy atom. The van der Waals surface area contributed by atoms with Crippen LogP contribution in [0, 0.1) is 0 Å². The summed E-state index contributed by atoms with van der Waals surface area (Å²) in [6.07, 6.45) is 0.0629. The van der Waals surface area contributed by atoms with Crippen LogP contribution in [-0.4, -0.2) is 36.2 Å². The molecular weight excluding hydrogens is 256 g/mol. The number of nitrogens with zero attached hydrogens (tertiary/aromatic N) is 1. The first-order chi connectivity index (χ1) is 8.90. The van der Waals surface area contributed by atoms with E-state index in [-0.39, 0.29) is 18.2 Å². The molecule has 1 aromatic rings. The number of alkyl halides is 2. The van der Waals surface area contributed by atoms with Crippen molar-refractivity contribution in [2.45, 2.75) is 26.0 Å². The normalized spacial score (nSPS) is 12.7. The molecule has 0 saturated carbocycles. The third-order valence-corrected chi connectivity index (χ3v) is 2.93. The Hall–Kier alpha value is -1.69. The molecule has 0 fully saturated rings. The van der Waals surface area contributed by atoms with Crippen molar-refractivity contribution in [2.75, 3.05) is 13.6 Å². The van der Waals surface area contributed by atoms with Gasteiger partial charge in [0.1, 0.15) is 5.75 Å². The topological polar surface area (TPSA) is 49.8 Å². The summed E-state index contributed by atoms with van der Waals surface area (Å²) in [6, 6.07) is 6.34. The minimum atomic E-state index is -2.83. The van der Waals surface area contributed by atoms with E-state index in [0.29, 0.717) is 6.54 Å². The van der Waals surface area contributed by atoms with E-state index in [9.17, 15) is 13.6 Å². The number of hydrogen-bond donors (Lipinski definition) is 1. The van der Waals surface area contributed by atoms with Gasteiger partial charge in [-0.1, -0.05) is 12.1 Å². The van der Waals surface area contributed by atoms with Gasteiger partial charge in [0.05, 0.1) is 6.42 Å². The number of ether oxygens (including phenoxy) is 1. The van der Waals surface area contributed by atoms with E-state index in [0.717, 1.165) is 5.56 Å². The highest BCUT2D eigenvalue weighted by molar-refractivity contribution is 5.66. The van der Waals surface area contributed by atoms with E-state index in [1.807, 2.05) is 18.9 Å². The van der Waals surface area contributed by atoms with Crippen LogP contribution in [0.25, 0.3) is 0 Å². The third-order valence-electron chi connectivity index (χ3n) is 2.93. The molecule has 4 nitrogen and oxygen atoms in total. The summed E-state index contributed by atoms with van der Waals surface area (Å²) in [5.41, 5.74) is 0.912. The molecule has 1 rings (SSSR count). The average Bonchev–Trinajstić information content (AvgIpc) is 2.35. The maximum atomic E-state index is 12.0. The molecule has 6 heteroatoms. The van der Waals surface area contributed by atoms with Crippen molar-refractivity contribution in [2.24, 2.45) is 0 Å². The lowest BCUT2D eigenvalue weighted by atomic mass is 10.1. The molecule has 0 aromatic heterocycles. The van der Waals surface area contributed by atoms with Crippen LogP contribution in [0.1, 0.15) is 24.9 Å². The first-order valence-electron chi connectivity index (χ1n) is 5.87. The Labute approximate surface area is 110 Å². The number of rotatable bonds is 7. The number of carboxylic acid groups (broad SMARTS) is 1. The van der Waals surface area contributed by atoms with Crippen molar-refractivity contribution in [3.05, 3.63) is 29.8 Å². The van der Waals surface area contributed by atoms with Gasteiger partial charge in [-0.3, -0.25) is 9.69 Å². The van der Waals surface area contributed by atoms with Crippen LogP contribution < -0.4 is 4.74 Å². The Balaban J connectivity index is 2.61. The summed E-state index contributed by atoms with van der Waals surface area (Å²) in [5, 5.41) is 8.62. The van der Waals surface area contributed by atoms with Gasteiger partial charge in [-0.15, -0.1) is 0 Å². The number of aliphatic carboxylic acids is 1. The van der Waals surface area contributed by atoms with Crippen LogP contribution in [0.2, 0.25) is 0 Å². The monoisotopic (exact) mass is 273 g/mol. The van der Waals surface area contributed by atoms with Gasteiger partial charge in [-0.2, -0.15) is 8.78 Å². The highest BCUT2D eigenvalue weighted by Crippen LogP contribution is 2.22. The molecule has 1 N–H and O–H groups in total. The van der Waals surface area contributed by atoms with E-state index in [4.69, 9.17) is 5.11 Å². The van der Waals surface area contributed by atoms with E-state index < -0.39 is 12.6 Å². The van der Waals surface area contributed by atoms with Gasteiger partial charge in [-0.05, 0) is 31.7 Å². The fourth-order valence-corrected chi connectivity index (χ4v) is 1.65. The van der Waals surface area contributed by atoms with Crippen LogP contribution in [-0.2, 0) is 4.79 Å². The summed E-state index contributed by atoms with van der Waals surface area (Å²) in [5.74, 6) is -0.737. The standard InChI is InChI=1S/C13H17F2NO3/c1-9(16(2)8-7-12(17)18)10-3-5-11(6-4-10)19-13(14)15/h3-6,9,13H,7-8H2,1-2H3,(H,17,18). The zero-order valence-electron chi connectivity index (χ0n) is 10.8. The molecule has 0 amide bonds. The van der Waals surface area contributed by atoms with Crippen LogP contribution in [0.5, 0.6) is 5.75 Å². The van der Waals surface area contributed by atoms with E-state index in [1.54, 1.807) is 12.1 Å². The van der Waals surface area contributed by atoms with Crippen molar-refractivity contribution in [1.82, 2.24) is 4.90 Å². The summed E-state index contributed by atoms with van der Waals surface area (Å²) in [6.45, 7) is -0.488. The second-order valence-corrected chi connectivity index (χ2v) is 4.25. The van der Waals surface area contributed by atoms with Crippen LogP contribution in [0.3, 0.4) is 0 Å². The number of halogens is 2. The average molecular weight is 273 g/mol. The minimum absolute atomic E-state index is 0.0000463. The predicted molar refractivity (Wildman–Crippen MR) is 66.4 cm³/mol. The van der Waals surface area contributed by atoms with Gasteiger partial charge in [0.2, 0.25) is 0 Å². The molecule has 1 atom stereocenters. The zero-order chi connectivity index (χ0) is 14.4. The van der Waals surface area contributed by atoms with Crippen LogP contribution >= 0.6 is 0 Å². The van der Waals surface area contributed by atoms with Gasteiger partial charge in [-0.25, -0.2) is 0 Å². The molecule has 0 aliphatic heterocycles. The molecular formula is C13H17F2NO3. The van der Waals surface area contributed by atoms with Gasteiger partial charge >= 0.3 is 12.6 Å². The Bertz CT molecular complexity index is 409. The van der Waals surface area contributed by atoms with Crippen molar-refractivity contribution < 1.29 is 23.4 Å². The fourth-order valence-electron chi connectivity index (χ4n) is 1.65. The van der Waals surface area contributed by atoms with Crippen molar-refractivity contribution >= 4 is 5.97 Å². The molecule has 0 radical (unpaired) electrons. The molecule has 0 aliphatic carbocycles. The van der Waals surface area contributed by atoms with E-state index in [2.05, 4.69) is 4.74 Å². The van der Waals surface area contributed by atoms with E-state index >= 15 is 0 Å². The van der Waals surface area contributed by atoms with Gasteiger partial charge in [0.25, 0.3) is 0 Å². The lowest BCUT2D eigenvalue weighted by molar-refractivity contribution is -0.137. The first-order valence-corrected chi connectivity index (χ1v) is 5.87. The molecule has 19 heavy (non-hydrogen) atoms. The predicted octanol–water partition coefficient (Wildman–Crippen LogP) is 2.76. The number of carboxylic acids is 1. The summed E-state index contributed by atoms with van der Waals surface area (Å²) < 4.78 is 28.3. The van der Waals surface area contributed by atoms with Crippen molar-refractivity contribution in [3.8, 4) is 5.75 Å². The lowest BCUT2D eigenvalue weighted by Crippen LogP contribution is -2.25. The second-order valence-electron chi connectivity index (χ2n) is 4.25. The summed E-state index contributed by atoms with van der Waals surface area (Å²) in [4.78, 5) is 12.4. The van der Waals surface area contributed by atoms with Gasteiger partial charge in [0, 0.05) is 12.6 Å². The highest BCUT2D eigenvalue weighted by Gasteiger charge is 2.13. The van der Waals surface area contributed by atoms with Crippen LogP contribution in [0.4, 0.5) is 8.78 Å². The molecule has 106 valence electrons. The molecule has 1 aromatic carbocycles. The molecule has 1 unspecified atom stereocenters. The highest BCUT2D eigenvalue weighted by atomic mass is 19.3. The third kappa shape index (κ3) is 5.21. The summed E-state index contributed by atoms with van der Waals surface area (Å²) >= 11 is 0. The lowest BCUT2D eigenvalue weighted by Gasteiger charge is -2.24. The van der Waals surface area contributed by atoms with Gasteiger partial charge in [0.15, 0.2) is 0 Å². The minimum Gasteiger partial charge on any atom is -0.481 e. The Morgan fingerprint density at radius 1 is 1.37 bits per heavy atom. The quantitative estimate of drug-likeness (QED) is 0.830. The number of carbonyl (C=O) groups is 1. The maximum Gasteiger partial charge on any atom is 0.387 e. The second kappa shape index (κ2) is 7.04. The van der Waals surface area contributed by atoms with Crippen LogP contribution in [0.15, 0.2) is 24.3 Å². The molecule has 0 aliphatic rings. The Morgan fingerprint density at radius 2 is 1.95 bits per heavy atom. The molecule has 0 spiro atoms. The summed E-state index contributed by atoms with van der Waals surface area (Å²) in [7, 11) is 1.82. The Kier molecular flexibility index (Phi) is 5.69. The fraction of sp³-hybridized carbons (Fsp3) is 0.462. The van der Waals surface area contributed by atoms with Gasteiger partial charge < -0.3 is 9.84 Å². The number of hydrogen-bond acceptors (Lipinski definition) is 3. The number of benzene rings is 1.